The normalized spacial score (nSPS) is 21.3. The molecule has 4 nitrogen and oxygen atoms in total. The molecule has 0 spiro atoms. The first-order valence-corrected chi connectivity index (χ1v) is 7.92. The molecule has 1 fully saturated rings. The maximum absolute atomic E-state index is 13.7. The van der Waals surface area contributed by atoms with Crippen LogP contribution in [-0.2, 0) is 6.54 Å². The fourth-order valence-corrected chi connectivity index (χ4v) is 2.80. The summed E-state index contributed by atoms with van der Waals surface area (Å²) in [5.41, 5.74) is 0.860. The highest BCUT2D eigenvalue weighted by Crippen LogP contribution is 2.23. The van der Waals surface area contributed by atoms with Gasteiger partial charge in [0.1, 0.15) is 0 Å². The van der Waals surface area contributed by atoms with E-state index in [2.05, 4.69) is 22.5 Å². The molecule has 0 aliphatic heterocycles. The standard InChI is InChI=1S/C17H26FN3O.HI/c1-12-4-7-14(8-5-12)21-17(19-2)20-11-13-6-9-16(22-3)15(18)10-13;/h6,9-10,12,14H,4-5,7-8,11H2,1-3H3,(H2,19,20,21);1H. The Kier molecular flexibility index (Phi) is 8.65. The highest BCUT2D eigenvalue weighted by atomic mass is 127. The molecule has 130 valence electrons. The van der Waals surface area contributed by atoms with Crippen molar-refractivity contribution in [3.05, 3.63) is 29.6 Å². The lowest BCUT2D eigenvalue weighted by molar-refractivity contribution is 0.329. The molecule has 1 aromatic rings. The maximum Gasteiger partial charge on any atom is 0.191 e. The van der Waals surface area contributed by atoms with Crippen LogP contribution in [-0.4, -0.2) is 26.2 Å². The Morgan fingerprint density at radius 2 is 2.00 bits per heavy atom. The number of ether oxygens (including phenoxy) is 1. The third kappa shape index (κ3) is 6.16. The van der Waals surface area contributed by atoms with E-state index in [1.807, 2.05) is 6.07 Å². The molecular formula is C17H27FIN3O. The minimum absolute atomic E-state index is 0. The zero-order valence-corrected chi connectivity index (χ0v) is 16.4. The van der Waals surface area contributed by atoms with Gasteiger partial charge in [-0.05, 0) is 49.3 Å². The van der Waals surface area contributed by atoms with E-state index in [-0.39, 0.29) is 35.5 Å². The van der Waals surface area contributed by atoms with Gasteiger partial charge in [0, 0.05) is 19.6 Å². The molecule has 23 heavy (non-hydrogen) atoms. The average molecular weight is 435 g/mol. The lowest BCUT2D eigenvalue weighted by Gasteiger charge is -2.28. The molecule has 2 N–H and O–H groups in total. The van der Waals surface area contributed by atoms with Crippen molar-refractivity contribution in [2.24, 2.45) is 10.9 Å². The van der Waals surface area contributed by atoms with E-state index in [1.165, 1.54) is 38.9 Å². The summed E-state index contributed by atoms with van der Waals surface area (Å²) in [7, 11) is 3.22. The van der Waals surface area contributed by atoms with Crippen molar-refractivity contribution >= 4 is 29.9 Å². The Labute approximate surface area is 155 Å². The molecule has 1 aliphatic carbocycles. The Balaban J connectivity index is 0.00000264. The number of halogens is 2. The van der Waals surface area contributed by atoms with Gasteiger partial charge in [0.05, 0.1) is 7.11 Å². The van der Waals surface area contributed by atoms with E-state index in [4.69, 9.17) is 4.74 Å². The molecule has 0 unspecified atom stereocenters. The largest absolute Gasteiger partial charge is 0.494 e. The summed E-state index contributed by atoms with van der Waals surface area (Å²) in [5, 5.41) is 6.69. The predicted octanol–water partition coefficient (Wildman–Crippen LogP) is 3.70. The second-order valence-electron chi connectivity index (χ2n) is 6.00. The van der Waals surface area contributed by atoms with Crippen LogP contribution in [0.25, 0.3) is 0 Å². The van der Waals surface area contributed by atoms with E-state index < -0.39 is 0 Å². The summed E-state index contributed by atoms with van der Waals surface area (Å²) < 4.78 is 18.6. The van der Waals surface area contributed by atoms with Crippen molar-refractivity contribution in [3.63, 3.8) is 0 Å². The van der Waals surface area contributed by atoms with Gasteiger partial charge in [-0.25, -0.2) is 4.39 Å². The van der Waals surface area contributed by atoms with E-state index in [0.29, 0.717) is 12.6 Å². The van der Waals surface area contributed by atoms with Crippen molar-refractivity contribution in [1.29, 1.82) is 0 Å². The highest BCUT2D eigenvalue weighted by molar-refractivity contribution is 14.0. The Hall–Kier alpha value is -1.05. The molecule has 6 heteroatoms. The van der Waals surface area contributed by atoms with Crippen molar-refractivity contribution < 1.29 is 9.13 Å². The van der Waals surface area contributed by atoms with Crippen molar-refractivity contribution in [2.45, 2.75) is 45.2 Å². The first-order valence-electron chi connectivity index (χ1n) is 7.92. The molecule has 1 saturated carbocycles. The highest BCUT2D eigenvalue weighted by Gasteiger charge is 2.18. The number of hydrogen-bond donors (Lipinski definition) is 2. The van der Waals surface area contributed by atoms with Crippen LogP contribution in [0.2, 0.25) is 0 Å². The van der Waals surface area contributed by atoms with Crippen LogP contribution < -0.4 is 15.4 Å². The number of rotatable bonds is 4. The van der Waals surface area contributed by atoms with Crippen LogP contribution in [0.1, 0.15) is 38.2 Å². The van der Waals surface area contributed by atoms with Gasteiger partial charge in [-0.1, -0.05) is 13.0 Å². The number of guanidine groups is 1. The quantitative estimate of drug-likeness (QED) is 0.431. The molecular weight excluding hydrogens is 408 g/mol. The van der Waals surface area contributed by atoms with Gasteiger partial charge in [-0.3, -0.25) is 4.99 Å². The molecule has 1 aliphatic rings. The molecule has 0 saturated heterocycles. The maximum atomic E-state index is 13.7. The first-order chi connectivity index (χ1) is 10.6. The van der Waals surface area contributed by atoms with Crippen molar-refractivity contribution in [3.8, 4) is 5.75 Å². The number of nitrogens with one attached hydrogen (secondary N) is 2. The zero-order chi connectivity index (χ0) is 15.9. The van der Waals surface area contributed by atoms with Gasteiger partial charge in [0.15, 0.2) is 17.5 Å². The summed E-state index contributed by atoms with van der Waals surface area (Å²) in [4.78, 5) is 4.25. The summed E-state index contributed by atoms with van der Waals surface area (Å²) >= 11 is 0. The summed E-state index contributed by atoms with van der Waals surface area (Å²) in [6.45, 7) is 2.84. The van der Waals surface area contributed by atoms with Crippen molar-refractivity contribution in [1.82, 2.24) is 10.6 Å². The predicted molar refractivity (Wildman–Crippen MR) is 103 cm³/mol. The molecule has 0 radical (unpaired) electrons. The number of benzene rings is 1. The van der Waals surface area contributed by atoms with E-state index >= 15 is 0 Å². The van der Waals surface area contributed by atoms with Crippen LogP contribution in [0.15, 0.2) is 23.2 Å². The van der Waals surface area contributed by atoms with Gasteiger partial charge in [0.2, 0.25) is 0 Å². The molecule has 0 heterocycles. The molecule has 2 rings (SSSR count). The van der Waals surface area contributed by atoms with Crippen LogP contribution in [0.4, 0.5) is 4.39 Å². The molecule has 0 bridgehead atoms. The number of nitrogens with zero attached hydrogens (tertiary/aromatic N) is 1. The van der Waals surface area contributed by atoms with Crippen molar-refractivity contribution in [2.75, 3.05) is 14.2 Å². The smallest absolute Gasteiger partial charge is 0.191 e. The molecule has 0 amide bonds. The number of methoxy groups -OCH3 is 1. The van der Waals surface area contributed by atoms with Crippen LogP contribution >= 0.6 is 24.0 Å². The third-order valence-corrected chi connectivity index (χ3v) is 4.26. The van der Waals surface area contributed by atoms with Gasteiger partial charge in [-0.15, -0.1) is 24.0 Å². The van der Waals surface area contributed by atoms with Crippen LogP contribution in [0.5, 0.6) is 5.75 Å². The van der Waals surface area contributed by atoms with Gasteiger partial charge in [0.25, 0.3) is 0 Å². The SMILES string of the molecule is CN=C(NCc1ccc(OC)c(F)c1)NC1CCC(C)CC1.I. The molecule has 0 atom stereocenters. The monoisotopic (exact) mass is 435 g/mol. The Morgan fingerprint density at radius 1 is 1.30 bits per heavy atom. The lowest BCUT2D eigenvalue weighted by Crippen LogP contribution is -2.44. The summed E-state index contributed by atoms with van der Waals surface area (Å²) in [6.07, 6.45) is 4.88. The molecule has 0 aromatic heterocycles. The zero-order valence-electron chi connectivity index (χ0n) is 14.1. The molecule has 1 aromatic carbocycles. The second kappa shape index (κ2) is 9.95. The van der Waals surface area contributed by atoms with Crippen LogP contribution in [0.3, 0.4) is 0 Å². The average Bonchev–Trinajstić information content (AvgIpc) is 2.53. The minimum Gasteiger partial charge on any atom is -0.494 e. The minimum atomic E-state index is -0.342. The first kappa shape index (κ1) is 20.0. The van der Waals surface area contributed by atoms with E-state index in [9.17, 15) is 4.39 Å². The Bertz CT molecular complexity index is 517. The van der Waals surface area contributed by atoms with Gasteiger partial charge in [-0.2, -0.15) is 0 Å². The Morgan fingerprint density at radius 3 is 2.57 bits per heavy atom. The lowest BCUT2D eigenvalue weighted by atomic mass is 9.87. The topological polar surface area (TPSA) is 45.7 Å². The number of aliphatic imine (C=N–C) groups is 1. The number of hydrogen-bond acceptors (Lipinski definition) is 2. The van der Waals surface area contributed by atoms with Gasteiger partial charge < -0.3 is 15.4 Å². The van der Waals surface area contributed by atoms with Crippen LogP contribution in [0, 0.1) is 11.7 Å². The third-order valence-electron chi connectivity index (χ3n) is 4.26. The van der Waals surface area contributed by atoms with E-state index in [0.717, 1.165) is 17.4 Å². The second-order valence-corrected chi connectivity index (χ2v) is 6.00. The van der Waals surface area contributed by atoms with E-state index in [1.54, 1.807) is 13.1 Å². The fraction of sp³-hybridized carbons (Fsp3) is 0.588. The summed E-state index contributed by atoms with van der Waals surface area (Å²) in [6, 6.07) is 5.46. The van der Waals surface area contributed by atoms with Gasteiger partial charge >= 0.3 is 0 Å². The fourth-order valence-electron chi connectivity index (χ4n) is 2.80. The summed E-state index contributed by atoms with van der Waals surface area (Å²) in [5.74, 6) is 1.53.